The Kier molecular flexibility index (Phi) is 4.75. The molecule has 0 radical (unpaired) electrons. The third-order valence-electron chi connectivity index (χ3n) is 2.70. The van der Waals surface area contributed by atoms with Gasteiger partial charge in [-0.05, 0) is 30.3 Å². The first-order valence-corrected chi connectivity index (χ1v) is 6.55. The van der Waals surface area contributed by atoms with E-state index >= 15 is 0 Å². The summed E-state index contributed by atoms with van der Waals surface area (Å²) in [5.41, 5.74) is 0.246. The van der Waals surface area contributed by atoms with Crippen molar-refractivity contribution in [2.24, 2.45) is 0 Å². The molecule has 0 atom stereocenters. The number of carboxylic acid groups (broad SMARTS) is 1. The SMILES string of the molecule is O=C(Nc1ccccc1)C(=O)Nc1ccc(Cl)cc1C(=O)O. The molecule has 2 aromatic rings. The lowest BCUT2D eigenvalue weighted by Crippen LogP contribution is -2.29. The number of nitrogens with one attached hydrogen (secondary N) is 2. The zero-order chi connectivity index (χ0) is 16.1. The Hall–Kier alpha value is -2.86. The molecule has 0 spiro atoms. The van der Waals surface area contributed by atoms with Crippen LogP contribution in [0.5, 0.6) is 0 Å². The maximum Gasteiger partial charge on any atom is 0.337 e. The number of hydrogen-bond acceptors (Lipinski definition) is 3. The molecule has 0 unspecified atom stereocenters. The van der Waals surface area contributed by atoms with Crippen molar-refractivity contribution >= 4 is 40.8 Å². The number of carbonyl (C=O) groups excluding carboxylic acids is 2. The maximum atomic E-state index is 11.8. The minimum Gasteiger partial charge on any atom is -0.478 e. The van der Waals surface area contributed by atoms with E-state index in [0.717, 1.165) is 0 Å². The summed E-state index contributed by atoms with van der Waals surface area (Å²) in [7, 11) is 0. The van der Waals surface area contributed by atoms with E-state index < -0.39 is 17.8 Å². The third-order valence-corrected chi connectivity index (χ3v) is 2.93. The fraction of sp³-hybridized carbons (Fsp3) is 0. The average Bonchev–Trinajstić information content (AvgIpc) is 2.49. The smallest absolute Gasteiger partial charge is 0.337 e. The number of benzene rings is 2. The minimum absolute atomic E-state index is 0.00916. The van der Waals surface area contributed by atoms with E-state index in [-0.39, 0.29) is 16.3 Å². The highest BCUT2D eigenvalue weighted by Crippen LogP contribution is 2.20. The number of rotatable bonds is 3. The number of carboxylic acids is 1. The Labute approximate surface area is 130 Å². The van der Waals surface area contributed by atoms with E-state index in [4.69, 9.17) is 16.7 Å². The van der Waals surface area contributed by atoms with Gasteiger partial charge in [-0.2, -0.15) is 0 Å². The van der Waals surface area contributed by atoms with Crippen LogP contribution in [-0.4, -0.2) is 22.9 Å². The van der Waals surface area contributed by atoms with Gasteiger partial charge < -0.3 is 15.7 Å². The highest BCUT2D eigenvalue weighted by molar-refractivity contribution is 6.44. The van der Waals surface area contributed by atoms with E-state index in [0.29, 0.717) is 5.69 Å². The summed E-state index contributed by atoms with van der Waals surface area (Å²) in [6, 6.07) is 12.3. The van der Waals surface area contributed by atoms with Crippen molar-refractivity contribution in [2.75, 3.05) is 10.6 Å². The molecule has 2 rings (SSSR count). The van der Waals surface area contributed by atoms with Crippen molar-refractivity contribution in [3.8, 4) is 0 Å². The molecule has 112 valence electrons. The van der Waals surface area contributed by atoms with Gasteiger partial charge in [-0.3, -0.25) is 9.59 Å². The fourth-order valence-electron chi connectivity index (χ4n) is 1.69. The Morgan fingerprint density at radius 2 is 1.55 bits per heavy atom. The summed E-state index contributed by atoms with van der Waals surface area (Å²) < 4.78 is 0. The molecule has 6 nitrogen and oxygen atoms in total. The van der Waals surface area contributed by atoms with Crippen LogP contribution in [0, 0.1) is 0 Å². The monoisotopic (exact) mass is 318 g/mol. The summed E-state index contributed by atoms with van der Waals surface area (Å²) in [5, 5.41) is 13.9. The average molecular weight is 319 g/mol. The molecular weight excluding hydrogens is 308 g/mol. The lowest BCUT2D eigenvalue weighted by molar-refractivity contribution is -0.133. The number of hydrogen-bond donors (Lipinski definition) is 3. The number of amides is 2. The van der Waals surface area contributed by atoms with Crippen LogP contribution in [0.15, 0.2) is 48.5 Å². The summed E-state index contributed by atoms with van der Waals surface area (Å²) in [5.74, 6) is -3.15. The van der Waals surface area contributed by atoms with E-state index in [9.17, 15) is 14.4 Å². The van der Waals surface area contributed by atoms with E-state index in [1.54, 1.807) is 30.3 Å². The highest BCUT2D eigenvalue weighted by Gasteiger charge is 2.18. The molecule has 22 heavy (non-hydrogen) atoms. The van der Waals surface area contributed by atoms with Crippen LogP contribution in [0.3, 0.4) is 0 Å². The number of halogens is 1. The zero-order valence-electron chi connectivity index (χ0n) is 11.2. The molecule has 0 fully saturated rings. The van der Waals surface area contributed by atoms with Gasteiger partial charge in [0.05, 0.1) is 11.3 Å². The largest absolute Gasteiger partial charge is 0.478 e. The Morgan fingerprint density at radius 1 is 0.909 bits per heavy atom. The van der Waals surface area contributed by atoms with Crippen molar-refractivity contribution in [3.63, 3.8) is 0 Å². The van der Waals surface area contributed by atoms with Crippen LogP contribution in [-0.2, 0) is 9.59 Å². The maximum absolute atomic E-state index is 11.8. The van der Waals surface area contributed by atoms with Gasteiger partial charge >= 0.3 is 17.8 Å². The summed E-state index contributed by atoms with van der Waals surface area (Å²) in [6.45, 7) is 0. The van der Waals surface area contributed by atoms with E-state index in [1.807, 2.05) is 0 Å². The van der Waals surface area contributed by atoms with Crippen molar-refractivity contribution in [1.29, 1.82) is 0 Å². The summed E-state index contributed by atoms with van der Waals surface area (Å²) in [4.78, 5) is 34.7. The number of aromatic carboxylic acids is 1. The van der Waals surface area contributed by atoms with Crippen LogP contribution in [0.2, 0.25) is 5.02 Å². The molecule has 7 heteroatoms. The fourth-order valence-corrected chi connectivity index (χ4v) is 1.86. The predicted octanol–water partition coefficient (Wildman–Crippen LogP) is 2.62. The first-order chi connectivity index (χ1) is 10.5. The van der Waals surface area contributed by atoms with Crippen molar-refractivity contribution in [2.45, 2.75) is 0 Å². The molecule has 0 aromatic heterocycles. The first-order valence-electron chi connectivity index (χ1n) is 6.17. The van der Waals surface area contributed by atoms with Crippen molar-refractivity contribution in [1.82, 2.24) is 0 Å². The van der Waals surface area contributed by atoms with Crippen LogP contribution < -0.4 is 10.6 Å². The van der Waals surface area contributed by atoms with Crippen molar-refractivity contribution < 1.29 is 19.5 Å². The quantitative estimate of drug-likeness (QED) is 0.758. The molecule has 2 aromatic carbocycles. The lowest BCUT2D eigenvalue weighted by atomic mass is 10.2. The molecule has 0 aliphatic carbocycles. The van der Waals surface area contributed by atoms with Gasteiger partial charge in [-0.25, -0.2) is 4.79 Å². The van der Waals surface area contributed by atoms with Gasteiger partial charge in [0.25, 0.3) is 0 Å². The van der Waals surface area contributed by atoms with Gasteiger partial charge in [-0.15, -0.1) is 0 Å². The van der Waals surface area contributed by atoms with E-state index in [1.165, 1.54) is 18.2 Å². The van der Waals surface area contributed by atoms with E-state index in [2.05, 4.69) is 10.6 Å². The van der Waals surface area contributed by atoms with Gasteiger partial charge in [0.2, 0.25) is 0 Å². The van der Waals surface area contributed by atoms with Gasteiger partial charge in [0.15, 0.2) is 0 Å². The number of carbonyl (C=O) groups is 3. The molecule has 0 bridgehead atoms. The highest BCUT2D eigenvalue weighted by atomic mass is 35.5. The van der Waals surface area contributed by atoms with Crippen molar-refractivity contribution in [3.05, 3.63) is 59.1 Å². The summed E-state index contributed by atoms with van der Waals surface area (Å²) >= 11 is 5.71. The molecular formula is C15H11ClN2O4. The molecule has 0 heterocycles. The predicted molar refractivity (Wildman–Crippen MR) is 82.1 cm³/mol. The third kappa shape index (κ3) is 3.83. The Morgan fingerprint density at radius 3 is 2.18 bits per heavy atom. The lowest BCUT2D eigenvalue weighted by Gasteiger charge is -2.09. The second-order valence-electron chi connectivity index (χ2n) is 4.27. The molecule has 0 saturated carbocycles. The summed E-state index contributed by atoms with van der Waals surface area (Å²) in [6.07, 6.45) is 0. The Bertz CT molecular complexity index is 732. The second kappa shape index (κ2) is 6.73. The van der Waals surface area contributed by atoms with Crippen LogP contribution in [0.1, 0.15) is 10.4 Å². The standard InChI is InChI=1S/C15H11ClN2O4/c16-9-6-7-12(11(8-9)15(21)22)18-14(20)13(19)17-10-4-2-1-3-5-10/h1-8H,(H,17,19)(H,18,20)(H,21,22). The molecule has 0 saturated heterocycles. The molecule has 0 aliphatic rings. The Balaban J connectivity index is 2.12. The zero-order valence-corrected chi connectivity index (χ0v) is 11.9. The van der Waals surface area contributed by atoms with Gasteiger partial charge in [-0.1, -0.05) is 29.8 Å². The first kappa shape index (κ1) is 15.5. The van der Waals surface area contributed by atoms with Crippen LogP contribution >= 0.6 is 11.6 Å². The minimum atomic E-state index is -1.26. The number of anilines is 2. The normalized spacial score (nSPS) is 9.86. The molecule has 2 amide bonds. The molecule has 0 aliphatic heterocycles. The second-order valence-corrected chi connectivity index (χ2v) is 4.71. The molecule has 3 N–H and O–H groups in total. The van der Waals surface area contributed by atoms with Crippen LogP contribution in [0.4, 0.5) is 11.4 Å². The van der Waals surface area contributed by atoms with Gasteiger partial charge in [0, 0.05) is 10.7 Å². The van der Waals surface area contributed by atoms with Crippen LogP contribution in [0.25, 0.3) is 0 Å². The van der Waals surface area contributed by atoms with Gasteiger partial charge in [0.1, 0.15) is 0 Å². The topological polar surface area (TPSA) is 95.5 Å². The number of para-hydroxylation sites is 1.